The van der Waals surface area contributed by atoms with Crippen LogP contribution in [0.4, 0.5) is 0 Å². The van der Waals surface area contributed by atoms with Gasteiger partial charge in [0.1, 0.15) is 5.54 Å². The maximum Gasteiger partial charge on any atom is 0.325 e. The highest BCUT2D eigenvalue weighted by atomic mass is 16.4. The SMILES string of the molecule is C[C@H](N)C(=O)N1CCNC(C)(C(=O)O)C1. The van der Waals surface area contributed by atoms with Gasteiger partial charge in [0.25, 0.3) is 0 Å². The highest BCUT2D eigenvalue weighted by Gasteiger charge is 2.39. The number of hydrogen-bond acceptors (Lipinski definition) is 4. The molecule has 86 valence electrons. The average Bonchev–Trinajstić information content (AvgIpc) is 2.16. The zero-order chi connectivity index (χ0) is 11.6. The lowest BCUT2D eigenvalue weighted by Gasteiger charge is -2.39. The smallest absolute Gasteiger partial charge is 0.325 e. The van der Waals surface area contributed by atoms with Gasteiger partial charge in [-0.3, -0.25) is 14.9 Å². The maximum absolute atomic E-state index is 11.6. The molecule has 0 radical (unpaired) electrons. The van der Waals surface area contributed by atoms with Crippen LogP contribution in [0.25, 0.3) is 0 Å². The van der Waals surface area contributed by atoms with E-state index in [-0.39, 0.29) is 12.5 Å². The zero-order valence-electron chi connectivity index (χ0n) is 8.99. The number of aliphatic carboxylic acids is 1. The van der Waals surface area contributed by atoms with E-state index in [9.17, 15) is 9.59 Å². The third-order valence-electron chi connectivity index (χ3n) is 2.58. The molecule has 0 aliphatic carbocycles. The number of nitrogens with one attached hydrogen (secondary N) is 1. The van der Waals surface area contributed by atoms with Gasteiger partial charge in [0.05, 0.1) is 6.04 Å². The molecule has 0 spiro atoms. The van der Waals surface area contributed by atoms with Gasteiger partial charge in [-0.15, -0.1) is 0 Å². The van der Waals surface area contributed by atoms with Crippen molar-refractivity contribution in [1.29, 1.82) is 0 Å². The van der Waals surface area contributed by atoms with E-state index in [0.29, 0.717) is 13.1 Å². The van der Waals surface area contributed by atoms with Gasteiger partial charge in [-0.1, -0.05) is 0 Å². The molecular weight excluding hydrogens is 198 g/mol. The van der Waals surface area contributed by atoms with Gasteiger partial charge in [-0.05, 0) is 13.8 Å². The van der Waals surface area contributed by atoms with E-state index < -0.39 is 17.6 Å². The number of carboxylic acid groups (broad SMARTS) is 1. The van der Waals surface area contributed by atoms with Crippen molar-refractivity contribution in [2.45, 2.75) is 25.4 Å². The number of hydrogen-bond donors (Lipinski definition) is 3. The topological polar surface area (TPSA) is 95.7 Å². The van der Waals surface area contributed by atoms with Crippen LogP contribution in [0.1, 0.15) is 13.8 Å². The summed E-state index contributed by atoms with van der Waals surface area (Å²) in [5, 5.41) is 11.9. The van der Waals surface area contributed by atoms with Gasteiger partial charge in [0.15, 0.2) is 0 Å². The predicted molar refractivity (Wildman–Crippen MR) is 54.3 cm³/mol. The quantitative estimate of drug-likeness (QED) is 0.527. The van der Waals surface area contributed by atoms with Crippen molar-refractivity contribution in [2.24, 2.45) is 5.73 Å². The van der Waals surface area contributed by atoms with Crippen molar-refractivity contribution >= 4 is 11.9 Å². The first-order valence-corrected chi connectivity index (χ1v) is 4.89. The van der Waals surface area contributed by atoms with E-state index in [1.165, 1.54) is 4.90 Å². The van der Waals surface area contributed by atoms with Crippen molar-refractivity contribution in [1.82, 2.24) is 10.2 Å². The van der Waals surface area contributed by atoms with Crippen LogP contribution in [0.5, 0.6) is 0 Å². The summed E-state index contributed by atoms with van der Waals surface area (Å²) in [6.07, 6.45) is 0. The monoisotopic (exact) mass is 215 g/mol. The minimum atomic E-state index is -1.07. The number of carbonyl (C=O) groups is 2. The Labute approximate surface area is 88.4 Å². The molecule has 0 bridgehead atoms. The molecule has 0 aromatic rings. The molecule has 1 fully saturated rings. The van der Waals surface area contributed by atoms with Gasteiger partial charge >= 0.3 is 5.97 Å². The summed E-state index contributed by atoms with van der Waals surface area (Å²) < 4.78 is 0. The summed E-state index contributed by atoms with van der Waals surface area (Å²) in [5.74, 6) is -1.16. The molecule has 1 saturated heterocycles. The van der Waals surface area contributed by atoms with Crippen LogP contribution < -0.4 is 11.1 Å². The molecule has 15 heavy (non-hydrogen) atoms. The first-order chi connectivity index (χ1) is 6.87. The average molecular weight is 215 g/mol. The van der Waals surface area contributed by atoms with Crippen molar-refractivity contribution in [3.05, 3.63) is 0 Å². The highest BCUT2D eigenvalue weighted by molar-refractivity contribution is 5.84. The summed E-state index contributed by atoms with van der Waals surface area (Å²) in [6.45, 7) is 4.30. The standard InChI is InChI=1S/C9H17N3O3/c1-6(10)7(13)12-4-3-11-9(2,5-12)8(14)15/h6,11H,3-5,10H2,1-2H3,(H,14,15)/t6-,9?/m0/s1. The van der Waals surface area contributed by atoms with Crippen LogP contribution in [0.15, 0.2) is 0 Å². The normalized spacial score (nSPS) is 28.6. The van der Waals surface area contributed by atoms with Crippen LogP contribution in [0.3, 0.4) is 0 Å². The number of carboxylic acids is 1. The lowest BCUT2D eigenvalue weighted by atomic mass is 9.99. The van der Waals surface area contributed by atoms with Gasteiger partial charge in [0, 0.05) is 19.6 Å². The Morgan fingerprint density at radius 1 is 1.60 bits per heavy atom. The second kappa shape index (κ2) is 4.16. The minimum Gasteiger partial charge on any atom is -0.480 e. The predicted octanol–water partition coefficient (Wildman–Crippen LogP) is -1.39. The third-order valence-corrected chi connectivity index (χ3v) is 2.58. The second-order valence-electron chi connectivity index (χ2n) is 4.11. The van der Waals surface area contributed by atoms with Crippen LogP contribution in [-0.4, -0.2) is 53.1 Å². The Balaban J connectivity index is 2.72. The number of nitrogens with two attached hydrogens (primary N) is 1. The van der Waals surface area contributed by atoms with Crippen molar-refractivity contribution in [2.75, 3.05) is 19.6 Å². The molecule has 1 unspecified atom stereocenters. The Morgan fingerprint density at radius 3 is 2.67 bits per heavy atom. The fourth-order valence-electron chi connectivity index (χ4n) is 1.60. The van der Waals surface area contributed by atoms with Crippen molar-refractivity contribution < 1.29 is 14.7 Å². The number of rotatable bonds is 2. The molecule has 0 aromatic carbocycles. The molecule has 0 saturated carbocycles. The summed E-state index contributed by atoms with van der Waals surface area (Å²) >= 11 is 0. The lowest BCUT2D eigenvalue weighted by molar-refractivity contribution is -0.148. The second-order valence-corrected chi connectivity index (χ2v) is 4.11. The Bertz CT molecular complexity index is 280. The summed E-state index contributed by atoms with van der Waals surface area (Å²) in [7, 11) is 0. The zero-order valence-corrected chi connectivity index (χ0v) is 8.99. The van der Waals surface area contributed by atoms with E-state index in [2.05, 4.69) is 5.32 Å². The maximum atomic E-state index is 11.6. The Morgan fingerprint density at radius 2 is 2.20 bits per heavy atom. The first kappa shape index (κ1) is 11.9. The fourth-order valence-corrected chi connectivity index (χ4v) is 1.60. The largest absolute Gasteiger partial charge is 0.480 e. The number of piperazine rings is 1. The molecule has 1 aliphatic rings. The molecule has 1 amide bonds. The number of carbonyl (C=O) groups excluding carboxylic acids is 1. The molecule has 4 N–H and O–H groups in total. The minimum absolute atomic E-state index is 0.155. The molecule has 2 atom stereocenters. The van der Waals surface area contributed by atoms with Crippen LogP contribution in [0, 0.1) is 0 Å². The summed E-state index contributed by atoms with van der Waals surface area (Å²) in [6, 6.07) is -0.582. The van der Waals surface area contributed by atoms with Crippen molar-refractivity contribution in [3.8, 4) is 0 Å². The summed E-state index contributed by atoms with van der Waals surface area (Å²) in [5.41, 5.74) is 4.41. The fraction of sp³-hybridized carbons (Fsp3) is 0.778. The van der Waals surface area contributed by atoms with Gasteiger partial charge in [-0.25, -0.2) is 0 Å². The molecular formula is C9H17N3O3. The van der Waals surface area contributed by atoms with Gasteiger partial charge in [-0.2, -0.15) is 0 Å². The van der Waals surface area contributed by atoms with E-state index >= 15 is 0 Å². The molecule has 6 nitrogen and oxygen atoms in total. The third kappa shape index (κ3) is 2.45. The highest BCUT2D eigenvalue weighted by Crippen LogP contribution is 2.12. The van der Waals surface area contributed by atoms with E-state index in [4.69, 9.17) is 10.8 Å². The van der Waals surface area contributed by atoms with Gasteiger partial charge in [0.2, 0.25) is 5.91 Å². The van der Waals surface area contributed by atoms with Crippen LogP contribution in [-0.2, 0) is 9.59 Å². The Kier molecular flexibility index (Phi) is 3.31. The number of amides is 1. The van der Waals surface area contributed by atoms with E-state index in [1.807, 2.05) is 0 Å². The molecule has 0 aromatic heterocycles. The van der Waals surface area contributed by atoms with E-state index in [0.717, 1.165) is 0 Å². The summed E-state index contributed by atoms with van der Waals surface area (Å²) in [4.78, 5) is 24.1. The van der Waals surface area contributed by atoms with Crippen LogP contribution >= 0.6 is 0 Å². The number of nitrogens with zero attached hydrogens (tertiary/aromatic N) is 1. The van der Waals surface area contributed by atoms with Crippen LogP contribution in [0.2, 0.25) is 0 Å². The lowest BCUT2D eigenvalue weighted by Crippen LogP contribution is -2.65. The molecule has 1 rings (SSSR count). The molecule has 6 heteroatoms. The van der Waals surface area contributed by atoms with Gasteiger partial charge < -0.3 is 15.7 Å². The molecule has 1 aliphatic heterocycles. The first-order valence-electron chi connectivity index (χ1n) is 4.89. The van der Waals surface area contributed by atoms with E-state index in [1.54, 1.807) is 13.8 Å². The van der Waals surface area contributed by atoms with Crippen molar-refractivity contribution in [3.63, 3.8) is 0 Å². The Hall–Kier alpha value is -1.14. The molecule has 1 heterocycles.